The van der Waals surface area contributed by atoms with Crippen molar-refractivity contribution in [3.05, 3.63) is 29.3 Å². The number of likely N-dealkylation sites (N-methyl/N-ethyl adjacent to an activating group) is 1. The number of hydrogen-bond acceptors (Lipinski definition) is 3. The summed E-state index contributed by atoms with van der Waals surface area (Å²) in [4.78, 5) is 11.2. The molecule has 0 saturated heterocycles. The third-order valence-corrected chi connectivity index (χ3v) is 2.83. The van der Waals surface area contributed by atoms with Crippen LogP contribution >= 0.6 is 0 Å². The van der Waals surface area contributed by atoms with E-state index in [0.717, 1.165) is 37.4 Å². The summed E-state index contributed by atoms with van der Waals surface area (Å²) in [5.41, 5.74) is 3.28. The molecule has 1 amide bonds. The fraction of sp³-hybridized carbons (Fsp3) is 0.462. The number of carbonyl (C=O) groups excluding carboxylic acids is 1. The van der Waals surface area contributed by atoms with Gasteiger partial charge in [-0.05, 0) is 30.7 Å². The van der Waals surface area contributed by atoms with Crippen LogP contribution in [0.4, 0.5) is 5.69 Å². The van der Waals surface area contributed by atoms with Gasteiger partial charge in [-0.2, -0.15) is 0 Å². The molecule has 4 heteroatoms. The van der Waals surface area contributed by atoms with Crippen LogP contribution in [0.5, 0.6) is 0 Å². The van der Waals surface area contributed by atoms with Crippen LogP contribution in [0.1, 0.15) is 11.1 Å². The molecule has 0 spiro atoms. The van der Waals surface area contributed by atoms with Gasteiger partial charge in [0.05, 0.1) is 19.6 Å². The fourth-order valence-corrected chi connectivity index (χ4v) is 1.90. The largest absolute Gasteiger partial charge is 0.380 e. The van der Waals surface area contributed by atoms with Crippen molar-refractivity contribution >= 4 is 11.6 Å². The van der Waals surface area contributed by atoms with Crippen LogP contribution < -0.4 is 10.6 Å². The van der Waals surface area contributed by atoms with Crippen molar-refractivity contribution in [2.24, 2.45) is 0 Å². The van der Waals surface area contributed by atoms with E-state index in [0.29, 0.717) is 6.42 Å². The fourth-order valence-electron chi connectivity index (χ4n) is 1.90. The van der Waals surface area contributed by atoms with Crippen molar-refractivity contribution in [2.75, 3.05) is 32.1 Å². The van der Waals surface area contributed by atoms with Gasteiger partial charge < -0.3 is 15.4 Å². The Morgan fingerprint density at radius 2 is 2.29 bits per heavy atom. The van der Waals surface area contributed by atoms with Crippen LogP contribution in [0.25, 0.3) is 0 Å². The minimum Gasteiger partial charge on any atom is -0.380 e. The van der Waals surface area contributed by atoms with E-state index in [1.165, 1.54) is 5.56 Å². The number of benzene rings is 1. The zero-order valence-corrected chi connectivity index (χ0v) is 10.1. The Labute approximate surface area is 101 Å². The smallest absolute Gasteiger partial charge is 0.228 e. The highest BCUT2D eigenvalue weighted by Gasteiger charge is 2.17. The number of rotatable bonds is 6. The summed E-state index contributed by atoms with van der Waals surface area (Å²) in [5.74, 6) is 0.0856. The first-order chi connectivity index (χ1) is 8.29. The molecule has 4 nitrogen and oxygen atoms in total. The maximum absolute atomic E-state index is 11.2. The van der Waals surface area contributed by atoms with Crippen LogP contribution in [-0.2, 0) is 22.4 Å². The molecule has 17 heavy (non-hydrogen) atoms. The molecule has 1 heterocycles. The third-order valence-electron chi connectivity index (χ3n) is 2.83. The molecule has 0 radical (unpaired) electrons. The molecule has 1 aromatic carbocycles. The molecular weight excluding hydrogens is 216 g/mol. The van der Waals surface area contributed by atoms with E-state index < -0.39 is 0 Å². The lowest BCUT2D eigenvalue weighted by Crippen LogP contribution is -2.15. The van der Waals surface area contributed by atoms with Gasteiger partial charge in [0.25, 0.3) is 0 Å². The molecule has 0 aliphatic carbocycles. The first-order valence-corrected chi connectivity index (χ1v) is 5.93. The van der Waals surface area contributed by atoms with E-state index in [2.05, 4.69) is 16.7 Å². The standard InChI is InChI=1S/C13H18N2O2/c1-14-5-7-17-6-4-10-2-3-12-11(8-10)9-13(16)15-12/h2-3,8,14H,4-7,9H2,1H3,(H,15,16). The number of amides is 1. The van der Waals surface area contributed by atoms with E-state index in [9.17, 15) is 4.79 Å². The monoisotopic (exact) mass is 234 g/mol. The zero-order valence-electron chi connectivity index (χ0n) is 10.1. The van der Waals surface area contributed by atoms with Gasteiger partial charge in [-0.15, -0.1) is 0 Å². The van der Waals surface area contributed by atoms with Gasteiger partial charge in [-0.3, -0.25) is 4.79 Å². The van der Waals surface area contributed by atoms with Gasteiger partial charge in [0.2, 0.25) is 5.91 Å². The van der Waals surface area contributed by atoms with E-state index in [1.54, 1.807) is 0 Å². The molecule has 0 fully saturated rings. The van der Waals surface area contributed by atoms with Crippen LogP contribution in [-0.4, -0.2) is 32.7 Å². The predicted octanol–water partition coefficient (Wildman–Crippen LogP) is 0.960. The minimum atomic E-state index is 0.0856. The Balaban J connectivity index is 1.82. The van der Waals surface area contributed by atoms with Crippen molar-refractivity contribution in [2.45, 2.75) is 12.8 Å². The van der Waals surface area contributed by atoms with Gasteiger partial charge in [0.15, 0.2) is 0 Å². The van der Waals surface area contributed by atoms with Crippen molar-refractivity contribution in [1.82, 2.24) is 5.32 Å². The second-order valence-electron chi connectivity index (χ2n) is 4.18. The number of fused-ring (bicyclic) bond motifs is 1. The van der Waals surface area contributed by atoms with Gasteiger partial charge in [-0.1, -0.05) is 12.1 Å². The van der Waals surface area contributed by atoms with Gasteiger partial charge in [0.1, 0.15) is 0 Å². The van der Waals surface area contributed by atoms with Crippen molar-refractivity contribution < 1.29 is 9.53 Å². The van der Waals surface area contributed by atoms with Crippen LogP contribution in [0, 0.1) is 0 Å². The molecule has 92 valence electrons. The van der Waals surface area contributed by atoms with E-state index in [1.807, 2.05) is 19.2 Å². The SMILES string of the molecule is CNCCOCCc1ccc2c(c1)CC(=O)N2. The molecule has 2 rings (SSSR count). The zero-order chi connectivity index (χ0) is 12.1. The maximum Gasteiger partial charge on any atom is 0.228 e. The number of hydrogen-bond donors (Lipinski definition) is 2. The Hall–Kier alpha value is -1.39. The Morgan fingerprint density at radius 1 is 1.41 bits per heavy atom. The minimum absolute atomic E-state index is 0.0856. The molecule has 0 saturated carbocycles. The summed E-state index contributed by atoms with van der Waals surface area (Å²) < 4.78 is 5.47. The van der Waals surface area contributed by atoms with Crippen molar-refractivity contribution in [1.29, 1.82) is 0 Å². The van der Waals surface area contributed by atoms with Crippen LogP contribution in [0.15, 0.2) is 18.2 Å². The first-order valence-electron chi connectivity index (χ1n) is 5.93. The van der Waals surface area contributed by atoms with Crippen LogP contribution in [0.3, 0.4) is 0 Å². The highest BCUT2D eigenvalue weighted by atomic mass is 16.5. The average molecular weight is 234 g/mol. The molecule has 1 aliphatic heterocycles. The molecule has 0 atom stereocenters. The summed E-state index contributed by atoms with van der Waals surface area (Å²) in [6.45, 7) is 2.34. The molecule has 0 aromatic heterocycles. The summed E-state index contributed by atoms with van der Waals surface area (Å²) in [7, 11) is 1.91. The van der Waals surface area contributed by atoms with Crippen molar-refractivity contribution in [3.63, 3.8) is 0 Å². The van der Waals surface area contributed by atoms with Crippen molar-refractivity contribution in [3.8, 4) is 0 Å². The number of carbonyl (C=O) groups is 1. The molecule has 0 unspecified atom stereocenters. The topological polar surface area (TPSA) is 50.4 Å². The predicted molar refractivity (Wildman–Crippen MR) is 67.2 cm³/mol. The summed E-state index contributed by atoms with van der Waals surface area (Å²) >= 11 is 0. The van der Waals surface area contributed by atoms with Crippen LogP contribution in [0.2, 0.25) is 0 Å². The lowest BCUT2D eigenvalue weighted by molar-refractivity contribution is -0.115. The molecular formula is C13H18N2O2. The lowest BCUT2D eigenvalue weighted by atomic mass is 10.1. The van der Waals surface area contributed by atoms with Gasteiger partial charge in [-0.25, -0.2) is 0 Å². The summed E-state index contributed by atoms with van der Waals surface area (Å²) in [5, 5.41) is 5.86. The first kappa shape index (κ1) is 12.1. The average Bonchev–Trinajstić information content (AvgIpc) is 2.68. The lowest BCUT2D eigenvalue weighted by Gasteiger charge is -2.05. The highest BCUT2D eigenvalue weighted by molar-refractivity contribution is 5.99. The molecule has 1 aromatic rings. The Kier molecular flexibility index (Phi) is 4.12. The number of nitrogens with one attached hydrogen (secondary N) is 2. The van der Waals surface area contributed by atoms with E-state index in [4.69, 9.17) is 4.74 Å². The molecule has 1 aliphatic rings. The second-order valence-corrected chi connectivity index (χ2v) is 4.18. The van der Waals surface area contributed by atoms with E-state index >= 15 is 0 Å². The Bertz CT molecular complexity index is 404. The van der Waals surface area contributed by atoms with E-state index in [-0.39, 0.29) is 5.91 Å². The summed E-state index contributed by atoms with van der Waals surface area (Å²) in [6, 6.07) is 6.11. The third kappa shape index (κ3) is 3.28. The molecule has 2 N–H and O–H groups in total. The highest BCUT2D eigenvalue weighted by Crippen LogP contribution is 2.23. The normalized spacial score (nSPS) is 13.6. The Morgan fingerprint density at radius 3 is 3.12 bits per heavy atom. The number of anilines is 1. The quantitative estimate of drug-likeness (QED) is 0.721. The maximum atomic E-state index is 11.2. The molecule has 0 bridgehead atoms. The van der Waals surface area contributed by atoms with Gasteiger partial charge >= 0.3 is 0 Å². The second kappa shape index (κ2) is 5.80. The summed E-state index contributed by atoms with van der Waals surface area (Å²) in [6.07, 6.45) is 1.40. The number of ether oxygens (including phenoxy) is 1. The van der Waals surface area contributed by atoms with Gasteiger partial charge in [0, 0.05) is 12.2 Å².